The highest BCUT2D eigenvalue weighted by Crippen LogP contribution is 2.31. The molecule has 2 aromatic rings. The lowest BCUT2D eigenvalue weighted by Gasteiger charge is -2.37. The number of hydrogen-bond acceptors (Lipinski definition) is 5. The number of fused-ring (bicyclic) bond motifs is 1. The smallest absolute Gasteiger partial charge is 0.222 e. The maximum absolute atomic E-state index is 11.6. The zero-order valence-electron chi connectivity index (χ0n) is 12.4. The monoisotopic (exact) mass is 295 g/mol. The number of anilines is 1. The van der Waals surface area contributed by atoms with Gasteiger partial charge in [0.25, 0.3) is 0 Å². The predicted molar refractivity (Wildman–Crippen MR) is 82.9 cm³/mol. The third-order valence-corrected chi connectivity index (χ3v) is 4.13. The molecule has 2 unspecified atom stereocenters. The summed E-state index contributed by atoms with van der Waals surface area (Å²) in [7, 11) is 0. The molecule has 1 saturated heterocycles. The second-order valence-electron chi connectivity index (χ2n) is 5.84. The Bertz CT molecular complexity index is 767. The van der Waals surface area contributed by atoms with Gasteiger partial charge in [0.15, 0.2) is 0 Å². The molecule has 0 spiro atoms. The van der Waals surface area contributed by atoms with Crippen LogP contribution in [0, 0.1) is 23.2 Å². The third kappa shape index (κ3) is 2.46. The number of nitrogens with two attached hydrogens (primary N) is 1. The van der Waals surface area contributed by atoms with Gasteiger partial charge >= 0.3 is 0 Å². The Balaban J connectivity index is 2.07. The Morgan fingerprint density at radius 3 is 2.73 bits per heavy atom. The van der Waals surface area contributed by atoms with Crippen LogP contribution in [0.2, 0.25) is 0 Å². The van der Waals surface area contributed by atoms with Gasteiger partial charge in [0, 0.05) is 25.5 Å². The number of benzene rings is 1. The van der Waals surface area contributed by atoms with Crippen LogP contribution in [0.25, 0.3) is 11.0 Å². The van der Waals surface area contributed by atoms with E-state index in [1.54, 1.807) is 18.5 Å². The van der Waals surface area contributed by atoms with Crippen molar-refractivity contribution < 1.29 is 4.79 Å². The number of rotatable bonds is 2. The van der Waals surface area contributed by atoms with Crippen molar-refractivity contribution in [2.45, 2.75) is 13.3 Å². The summed E-state index contributed by atoms with van der Waals surface area (Å²) in [5, 5.41) is 9.20. The molecule has 22 heavy (non-hydrogen) atoms. The molecule has 6 nitrogen and oxygen atoms in total. The van der Waals surface area contributed by atoms with Gasteiger partial charge in [-0.25, -0.2) is 0 Å². The largest absolute Gasteiger partial charge is 0.369 e. The van der Waals surface area contributed by atoms with Crippen LogP contribution in [0.15, 0.2) is 24.5 Å². The second-order valence-corrected chi connectivity index (χ2v) is 5.84. The molecule has 0 radical (unpaired) electrons. The van der Waals surface area contributed by atoms with Crippen molar-refractivity contribution in [1.82, 2.24) is 9.97 Å². The van der Waals surface area contributed by atoms with Crippen molar-refractivity contribution in [2.24, 2.45) is 17.6 Å². The molecule has 1 fully saturated rings. The number of nitrogens with zero attached hydrogens (tertiary/aromatic N) is 4. The molecule has 3 rings (SSSR count). The van der Waals surface area contributed by atoms with Crippen LogP contribution >= 0.6 is 0 Å². The van der Waals surface area contributed by atoms with E-state index in [1.165, 1.54) is 0 Å². The van der Waals surface area contributed by atoms with Gasteiger partial charge in [-0.2, -0.15) is 5.26 Å². The molecule has 2 N–H and O–H groups in total. The van der Waals surface area contributed by atoms with E-state index in [1.807, 2.05) is 6.07 Å². The Hall–Kier alpha value is -2.68. The molecule has 6 heteroatoms. The number of nitriles is 1. The molecule has 0 bridgehead atoms. The number of amides is 1. The molecule has 1 aliphatic heterocycles. The van der Waals surface area contributed by atoms with Gasteiger partial charge in [-0.3, -0.25) is 14.8 Å². The third-order valence-electron chi connectivity index (χ3n) is 4.13. The van der Waals surface area contributed by atoms with Gasteiger partial charge in [-0.15, -0.1) is 0 Å². The Morgan fingerprint density at radius 2 is 2.05 bits per heavy atom. The van der Waals surface area contributed by atoms with E-state index in [-0.39, 0.29) is 11.8 Å². The summed E-state index contributed by atoms with van der Waals surface area (Å²) in [6.07, 6.45) is 4.01. The molecule has 0 aliphatic carbocycles. The number of carbonyl (C=O) groups is 1. The van der Waals surface area contributed by atoms with E-state index in [4.69, 9.17) is 5.73 Å². The van der Waals surface area contributed by atoms with Crippen molar-refractivity contribution in [3.05, 3.63) is 30.1 Å². The summed E-state index contributed by atoms with van der Waals surface area (Å²) in [6.45, 7) is 3.53. The van der Waals surface area contributed by atoms with E-state index in [0.29, 0.717) is 29.1 Å². The van der Waals surface area contributed by atoms with E-state index >= 15 is 0 Å². The van der Waals surface area contributed by atoms with E-state index < -0.39 is 0 Å². The van der Waals surface area contributed by atoms with Gasteiger partial charge in [0.05, 0.1) is 17.2 Å². The van der Waals surface area contributed by atoms with Crippen molar-refractivity contribution in [3.8, 4) is 6.07 Å². The van der Waals surface area contributed by atoms with Crippen LogP contribution in [0.1, 0.15) is 18.9 Å². The average molecular weight is 295 g/mol. The maximum atomic E-state index is 11.6. The maximum Gasteiger partial charge on any atom is 0.222 e. The number of carbonyl (C=O) groups excluding carboxylic acids is 1. The first-order valence-corrected chi connectivity index (χ1v) is 7.28. The average Bonchev–Trinajstić information content (AvgIpc) is 2.53. The quantitative estimate of drug-likeness (QED) is 0.904. The van der Waals surface area contributed by atoms with Crippen LogP contribution in [-0.2, 0) is 4.79 Å². The van der Waals surface area contributed by atoms with E-state index in [2.05, 4.69) is 27.9 Å². The first-order valence-electron chi connectivity index (χ1n) is 7.28. The lowest BCUT2D eigenvalue weighted by molar-refractivity contribution is -0.122. The molecule has 1 aliphatic rings. The molecular weight excluding hydrogens is 278 g/mol. The summed E-state index contributed by atoms with van der Waals surface area (Å²) in [6, 6.07) is 5.78. The molecule has 0 saturated carbocycles. The van der Waals surface area contributed by atoms with Gasteiger partial charge < -0.3 is 10.6 Å². The first kappa shape index (κ1) is 14.3. The van der Waals surface area contributed by atoms with Gasteiger partial charge in [-0.1, -0.05) is 6.92 Å². The van der Waals surface area contributed by atoms with E-state index in [0.717, 1.165) is 18.7 Å². The van der Waals surface area contributed by atoms with Crippen LogP contribution in [0.3, 0.4) is 0 Å². The number of aromatic nitrogens is 2. The zero-order chi connectivity index (χ0) is 15.7. The lowest BCUT2D eigenvalue weighted by atomic mass is 9.89. The second kappa shape index (κ2) is 5.60. The Morgan fingerprint density at radius 1 is 1.32 bits per heavy atom. The molecular formula is C16H17N5O. The molecule has 1 aromatic heterocycles. The summed E-state index contributed by atoms with van der Waals surface area (Å²) in [5.41, 5.74) is 8.18. The minimum Gasteiger partial charge on any atom is -0.369 e. The fraction of sp³-hybridized carbons (Fsp3) is 0.375. The van der Waals surface area contributed by atoms with Crippen molar-refractivity contribution in [1.29, 1.82) is 5.26 Å². The minimum absolute atomic E-state index is 0.161. The summed E-state index contributed by atoms with van der Waals surface area (Å²) in [5.74, 6) is -0.0553. The Labute approximate surface area is 128 Å². The van der Waals surface area contributed by atoms with Crippen molar-refractivity contribution in [3.63, 3.8) is 0 Å². The van der Waals surface area contributed by atoms with Crippen LogP contribution < -0.4 is 10.6 Å². The Kier molecular flexibility index (Phi) is 3.63. The molecule has 1 aromatic carbocycles. The fourth-order valence-electron chi connectivity index (χ4n) is 3.14. The first-order chi connectivity index (χ1) is 10.6. The predicted octanol–water partition coefficient (Wildman–Crippen LogP) is 1.45. The fourth-order valence-corrected chi connectivity index (χ4v) is 3.14. The highest BCUT2D eigenvalue weighted by atomic mass is 16.1. The number of piperidine rings is 1. The number of primary amides is 1. The summed E-state index contributed by atoms with van der Waals surface area (Å²) >= 11 is 0. The van der Waals surface area contributed by atoms with Gasteiger partial charge in [0.1, 0.15) is 17.1 Å². The van der Waals surface area contributed by atoms with Gasteiger partial charge in [-0.05, 0) is 24.5 Å². The summed E-state index contributed by atoms with van der Waals surface area (Å²) < 4.78 is 0. The molecule has 112 valence electrons. The summed E-state index contributed by atoms with van der Waals surface area (Å²) in [4.78, 5) is 22.4. The SMILES string of the molecule is CC1CC(C(N)=O)CN(c2ccc(C#N)c3nccnc23)C1. The van der Waals surface area contributed by atoms with Crippen molar-refractivity contribution in [2.75, 3.05) is 18.0 Å². The highest BCUT2D eigenvalue weighted by Gasteiger charge is 2.29. The molecule has 2 heterocycles. The zero-order valence-corrected chi connectivity index (χ0v) is 12.4. The highest BCUT2D eigenvalue weighted by molar-refractivity contribution is 5.92. The normalized spacial score (nSPS) is 21.5. The minimum atomic E-state index is -0.263. The lowest BCUT2D eigenvalue weighted by Crippen LogP contribution is -2.44. The van der Waals surface area contributed by atoms with Gasteiger partial charge in [0.2, 0.25) is 5.91 Å². The van der Waals surface area contributed by atoms with E-state index in [9.17, 15) is 10.1 Å². The molecule has 1 amide bonds. The number of hydrogen-bond donors (Lipinski definition) is 1. The van der Waals surface area contributed by atoms with Crippen molar-refractivity contribution >= 4 is 22.6 Å². The molecule has 2 atom stereocenters. The standard InChI is InChI=1S/C16H17N5O/c1-10-6-12(16(18)22)9-21(8-10)13-3-2-11(7-17)14-15(13)20-5-4-19-14/h2-5,10,12H,6,8-9H2,1H3,(H2,18,22). The topological polar surface area (TPSA) is 95.9 Å². The van der Waals surface area contributed by atoms with Crippen LogP contribution in [-0.4, -0.2) is 29.0 Å². The van der Waals surface area contributed by atoms with Crippen LogP contribution in [0.4, 0.5) is 5.69 Å². The van der Waals surface area contributed by atoms with Crippen LogP contribution in [0.5, 0.6) is 0 Å².